The number of fused-ring (bicyclic) bond motifs is 1. The summed E-state index contributed by atoms with van der Waals surface area (Å²) < 4.78 is 5.55. The summed E-state index contributed by atoms with van der Waals surface area (Å²) in [5, 5.41) is 2.64. The van der Waals surface area contributed by atoms with E-state index in [-0.39, 0.29) is 23.8 Å². The van der Waals surface area contributed by atoms with Crippen LogP contribution in [0.3, 0.4) is 0 Å². The first-order chi connectivity index (χ1) is 10.7. The van der Waals surface area contributed by atoms with Gasteiger partial charge < -0.3 is 15.0 Å². The molecule has 0 bridgehead atoms. The fourth-order valence-electron chi connectivity index (χ4n) is 2.60. The lowest BCUT2D eigenvalue weighted by molar-refractivity contribution is -0.116. The van der Waals surface area contributed by atoms with Crippen molar-refractivity contribution in [2.75, 3.05) is 11.9 Å². The number of ether oxygens (including phenoxy) is 1. The first-order valence-corrected chi connectivity index (χ1v) is 7.29. The topological polar surface area (TPSA) is 84.1 Å². The lowest BCUT2D eigenvalue weighted by Crippen LogP contribution is -2.30. The van der Waals surface area contributed by atoms with Crippen LogP contribution < -0.4 is 15.6 Å². The van der Waals surface area contributed by atoms with E-state index >= 15 is 0 Å². The van der Waals surface area contributed by atoms with Crippen LogP contribution in [0.1, 0.15) is 36.8 Å². The van der Waals surface area contributed by atoms with Gasteiger partial charge in [-0.3, -0.25) is 9.59 Å². The molecule has 1 aromatic carbocycles. The summed E-state index contributed by atoms with van der Waals surface area (Å²) in [7, 11) is 0. The molecule has 2 N–H and O–H groups in total. The second-order valence-electron chi connectivity index (χ2n) is 5.22. The van der Waals surface area contributed by atoms with Crippen LogP contribution in [-0.4, -0.2) is 22.5 Å². The summed E-state index contributed by atoms with van der Waals surface area (Å²) >= 11 is 0. The van der Waals surface area contributed by atoms with Gasteiger partial charge in [-0.15, -0.1) is 0 Å². The van der Waals surface area contributed by atoms with E-state index < -0.39 is 0 Å². The first kappa shape index (κ1) is 14.3. The number of hydrogen-bond donors (Lipinski definition) is 2. The van der Waals surface area contributed by atoms with Crippen molar-refractivity contribution >= 4 is 11.7 Å². The minimum atomic E-state index is -0.290. The molecule has 0 spiro atoms. The highest BCUT2D eigenvalue weighted by Gasteiger charge is 2.29. The van der Waals surface area contributed by atoms with E-state index in [0.717, 1.165) is 17.7 Å². The summed E-state index contributed by atoms with van der Waals surface area (Å²) in [6.45, 7) is 2.71. The highest BCUT2D eigenvalue weighted by molar-refractivity contribution is 5.94. The lowest BCUT2D eigenvalue weighted by Gasteiger charge is -2.23. The smallest absolute Gasteiger partial charge is 0.256 e. The molecule has 1 amide bonds. The zero-order valence-electron chi connectivity index (χ0n) is 12.3. The maximum atomic E-state index is 12.1. The predicted octanol–water partition coefficient (Wildman–Crippen LogP) is 2.03. The Kier molecular flexibility index (Phi) is 3.91. The molecule has 1 aliphatic rings. The molecule has 0 fully saturated rings. The number of rotatable bonds is 4. The number of anilines is 1. The number of hydrogen-bond acceptors (Lipinski definition) is 4. The standard InChI is InChI=1S/C16H17N3O3/c1-2-7-22-11-5-3-10(4-6-11)12-8-13(20)19-15-14(12)16(21)18-9-17-15/h3-6,9,12H,2,7-8H2,1H3,(H2,17,18,19,20,21). The highest BCUT2D eigenvalue weighted by Crippen LogP contribution is 2.33. The Hall–Kier alpha value is -2.63. The quantitative estimate of drug-likeness (QED) is 0.904. The number of nitrogens with zero attached hydrogens (tertiary/aromatic N) is 1. The largest absolute Gasteiger partial charge is 0.494 e. The van der Waals surface area contributed by atoms with Gasteiger partial charge in [-0.2, -0.15) is 0 Å². The van der Waals surface area contributed by atoms with E-state index in [1.165, 1.54) is 6.33 Å². The summed E-state index contributed by atoms with van der Waals surface area (Å²) in [6.07, 6.45) is 2.47. The molecule has 0 aliphatic carbocycles. The molecule has 1 atom stereocenters. The van der Waals surface area contributed by atoms with Crippen LogP contribution in [0.15, 0.2) is 35.4 Å². The van der Waals surface area contributed by atoms with Crippen LogP contribution in [-0.2, 0) is 4.79 Å². The zero-order chi connectivity index (χ0) is 15.5. The number of H-pyrrole nitrogens is 1. The number of carbonyl (C=O) groups excluding carboxylic acids is 1. The van der Waals surface area contributed by atoms with Gasteiger partial charge in [-0.1, -0.05) is 19.1 Å². The van der Waals surface area contributed by atoms with Crippen LogP contribution >= 0.6 is 0 Å². The van der Waals surface area contributed by atoms with Gasteiger partial charge in [-0.05, 0) is 24.1 Å². The molecule has 22 heavy (non-hydrogen) atoms. The molecule has 2 heterocycles. The van der Waals surface area contributed by atoms with E-state index in [4.69, 9.17) is 4.74 Å². The fourth-order valence-corrected chi connectivity index (χ4v) is 2.60. The molecule has 0 radical (unpaired) electrons. The summed E-state index contributed by atoms with van der Waals surface area (Å²) in [5.41, 5.74) is 1.18. The van der Waals surface area contributed by atoms with Gasteiger partial charge in [-0.25, -0.2) is 4.98 Å². The molecular weight excluding hydrogens is 282 g/mol. The van der Waals surface area contributed by atoms with Gasteiger partial charge in [0.15, 0.2) is 0 Å². The molecule has 1 aliphatic heterocycles. The van der Waals surface area contributed by atoms with Crippen molar-refractivity contribution in [3.63, 3.8) is 0 Å². The van der Waals surface area contributed by atoms with Crippen molar-refractivity contribution in [3.05, 3.63) is 52.1 Å². The van der Waals surface area contributed by atoms with Crippen molar-refractivity contribution in [1.82, 2.24) is 9.97 Å². The second kappa shape index (κ2) is 6.01. The SMILES string of the molecule is CCCOc1ccc(C2CC(=O)Nc3nc[nH]c(=O)c32)cc1. The molecule has 3 rings (SSSR count). The second-order valence-corrected chi connectivity index (χ2v) is 5.22. The van der Waals surface area contributed by atoms with Crippen molar-refractivity contribution in [1.29, 1.82) is 0 Å². The van der Waals surface area contributed by atoms with Crippen molar-refractivity contribution < 1.29 is 9.53 Å². The Morgan fingerprint density at radius 1 is 1.27 bits per heavy atom. The van der Waals surface area contributed by atoms with Gasteiger partial charge in [0.2, 0.25) is 5.91 Å². The molecule has 6 heteroatoms. The molecule has 2 aromatic rings. The van der Waals surface area contributed by atoms with Crippen LogP contribution in [0.5, 0.6) is 5.75 Å². The molecular formula is C16H17N3O3. The molecule has 6 nitrogen and oxygen atoms in total. The van der Waals surface area contributed by atoms with Crippen LogP contribution in [0.25, 0.3) is 0 Å². The van der Waals surface area contributed by atoms with E-state index in [2.05, 4.69) is 15.3 Å². The summed E-state index contributed by atoms with van der Waals surface area (Å²) in [5.74, 6) is 0.700. The van der Waals surface area contributed by atoms with Crippen LogP contribution in [0, 0.1) is 0 Å². The Bertz CT molecular complexity index is 737. The van der Waals surface area contributed by atoms with Gasteiger partial charge >= 0.3 is 0 Å². The Balaban J connectivity index is 1.95. The molecule has 1 aromatic heterocycles. The number of aromatic amines is 1. The number of aromatic nitrogens is 2. The van der Waals surface area contributed by atoms with E-state index in [9.17, 15) is 9.59 Å². The monoisotopic (exact) mass is 299 g/mol. The van der Waals surface area contributed by atoms with Gasteiger partial charge in [0, 0.05) is 12.3 Å². The third kappa shape index (κ3) is 2.72. The summed E-state index contributed by atoms with van der Waals surface area (Å²) in [6, 6.07) is 7.51. The summed E-state index contributed by atoms with van der Waals surface area (Å²) in [4.78, 5) is 30.6. The fraction of sp³-hybridized carbons (Fsp3) is 0.312. The van der Waals surface area contributed by atoms with E-state index in [0.29, 0.717) is 18.0 Å². The van der Waals surface area contributed by atoms with E-state index in [1.54, 1.807) is 0 Å². The number of nitrogens with one attached hydrogen (secondary N) is 2. The van der Waals surface area contributed by atoms with Crippen LogP contribution in [0.4, 0.5) is 5.82 Å². The molecule has 0 saturated carbocycles. The minimum Gasteiger partial charge on any atom is -0.494 e. The van der Waals surface area contributed by atoms with Gasteiger partial charge in [0.25, 0.3) is 5.56 Å². The third-order valence-corrected chi connectivity index (χ3v) is 3.64. The van der Waals surface area contributed by atoms with Crippen molar-refractivity contribution in [3.8, 4) is 5.75 Å². The number of benzene rings is 1. The average Bonchev–Trinajstić information content (AvgIpc) is 2.52. The van der Waals surface area contributed by atoms with Crippen molar-refractivity contribution in [2.45, 2.75) is 25.7 Å². The Morgan fingerprint density at radius 3 is 2.77 bits per heavy atom. The zero-order valence-corrected chi connectivity index (χ0v) is 12.3. The lowest BCUT2D eigenvalue weighted by atomic mass is 9.87. The van der Waals surface area contributed by atoms with Gasteiger partial charge in [0.05, 0.1) is 18.5 Å². The third-order valence-electron chi connectivity index (χ3n) is 3.64. The van der Waals surface area contributed by atoms with E-state index in [1.807, 2.05) is 31.2 Å². The average molecular weight is 299 g/mol. The van der Waals surface area contributed by atoms with Crippen LogP contribution in [0.2, 0.25) is 0 Å². The maximum absolute atomic E-state index is 12.1. The maximum Gasteiger partial charge on any atom is 0.256 e. The first-order valence-electron chi connectivity index (χ1n) is 7.29. The number of carbonyl (C=O) groups is 1. The normalized spacial score (nSPS) is 16.8. The highest BCUT2D eigenvalue weighted by atomic mass is 16.5. The Morgan fingerprint density at radius 2 is 2.05 bits per heavy atom. The molecule has 1 unspecified atom stereocenters. The number of amides is 1. The predicted molar refractivity (Wildman–Crippen MR) is 82.2 cm³/mol. The minimum absolute atomic E-state index is 0.137. The molecule has 114 valence electrons. The van der Waals surface area contributed by atoms with Gasteiger partial charge in [0.1, 0.15) is 11.6 Å². The molecule has 0 saturated heterocycles. The Labute approximate surface area is 127 Å². The van der Waals surface area contributed by atoms with Crippen molar-refractivity contribution in [2.24, 2.45) is 0 Å².